The van der Waals surface area contributed by atoms with Crippen molar-refractivity contribution in [2.24, 2.45) is 22.4 Å². The number of rotatable bonds is 5. The number of nitrogens with one attached hydrogen (secondary N) is 1. The molecule has 2 saturated heterocycles. The molecule has 4 unspecified atom stereocenters. The fraction of sp³-hybridized carbons (Fsp3) is 0.650. The first kappa shape index (κ1) is 19.8. The molecule has 1 saturated carbocycles. The Kier molecular flexibility index (Phi) is 4.60. The van der Waals surface area contributed by atoms with Crippen LogP contribution in [-0.4, -0.2) is 27.3 Å². The van der Waals surface area contributed by atoms with Crippen LogP contribution < -0.4 is 5.43 Å². The molecule has 0 amide bonds. The standard InChI is InChI=1S/C20H26N4O5/c1-12(2)15-8-9-20-18(7-5-14(29-20)11-19(15,20)3)22-21-16-6-4-13(23(25)26)10-17(16)24(27)28/h4,6,10,12,14-15,21H,5,7-9,11H2,1-3H3. The van der Waals surface area contributed by atoms with Crippen LogP contribution in [0.4, 0.5) is 17.1 Å². The molecule has 2 heterocycles. The van der Waals surface area contributed by atoms with Gasteiger partial charge in [-0.3, -0.25) is 25.7 Å². The molecule has 3 fully saturated rings. The van der Waals surface area contributed by atoms with Crippen LogP contribution in [0.25, 0.3) is 0 Å². The lowest BCUT2D eigenvalue weighted by Crippen LogP contribution is -2.50. The molecule has 4 atom stereocenters. The van der Waals surface area contributed by atoms with Gasteiger partial charge in [0.15, 0.2) is 0 Å². The van der Waals surface area contributed by atoms with E-state index in [0.29, 0.717) is 11.8 Å². The lowest BCUT2D eigenvalue weighted by molar-refractivity contribution is -0.393. The summed E-state index contributed by atoms with van der Waals surface area (Å²) in [7, 11) is 0. The van der Waals surface area contributed by atoms with Crippen molar-refractivity contribution in [1.82, 2.24) is 0 Å². The Morgan fingerprint density at radius 2 is 2.00 bits per heavy atom. The molecule has 9 heteroatoms. The normalized spacial score (nSPS) is 34.4. The van der Waals surface area contributed by atoms with Crippen molar-refractivity contribution in [2.75, 3.05) is 5.43 Å². The van der Waals surface area contributed by atoms with Crippen molar-refractivity contribution < 1.29 is 14.6 Å². The van der Waals surface area contributed by atoms with Gasteiger partial charge in [0, 0.05) is 11.5 Å². The van der Waals surface area contributed by atoms with Crippen LogP contribution in [0, 0.1) is 37.5 Å². The molecule has 3 aliphatic rings. The van der Waals surface area contributed by atoms with E-state index in [1.165, 1.54) is 12.1 Å². The molecular weight excluding hydrogens is 376 g/mol. The van der Waals surface area contributed by atoms with Gasteiger partial charge in [-0.05, 0) is 50.0 Å². The predicted octanol–water partition coefficient (Wildman–Crippen LogP) is 4.66. The number of fused-ring (bicyclic) bond motifs is 1. The van der Waals surface area contributed by atoms with E-state index in [1.54, 1.807) is 0 Å². The van der Waals surface area contributed by atoms with Gasteiger partial charge in [0.2, 0.25) is 0 Å². The minimum Gasteiger partial charge on any atom is -0.365 e. The van der Waals surface area contributed by atoms with Gasteiger partial charge in [-0.25, -0.2) is 0 Å². The molecule has 0 radical (unpaired) electrons. The third kappa shape index (κ3) is 2.90. The van der Waals surface area contributed by atoms with Crippen LogP contribution >= 0.6 is 0 Å². The van der Waals surface area contributed by atoms with Crippen LogP contribution in [0.3, 0.4) is 0 Å². The fourth-order valence-electron chi connectivity index (χ4n) is 6.00. The Balaban J connectivity index is 1.68. The van der Waals surface area contributed by atoms with Crippen molar-refractivity contribution in [1.29, 1.82) is 0 Å². The van der Waals surface area contributed by atoms with Crippen molar-refractivity contribution in [3.8, 4) is 0 Å². The Bertz CT molecular complexity index is 901. The summed E-state index contributed by atoms with van der Waals surface area (Å²) in [5.41, 5.74) is 2.77. The van der Waals surface area contributed by atoms with E-state index in [4.69, 9.17) is 4.74 Å². The molecule has 1 aliphatic carbocycles. The largest absolute Gasteiger partial charge is 0.365 e. The molecular formula is C20H26N4O5. The molecule has 9 nitrogen and oxygen atoms in total. The number of nitro benzene ring substituents is 2. The lowest BCUT2D eigenvalue weighted by Gasteiger charge is -2.42. The van der Waals surface area contributed by atoms with Crippen molar-refractivity contribution in [3.63, 3.8) is 0 Å². The van der Waals surface area contributed by atoms with Crippen LogP contribution in [0.5, 0.6) is 0 Å². The second-order valence-electron chi connectivity index (χ2n) is 9.00. The molecule has 4 rings (SSSR count). The van der Waals surface area contributed by atoms with Gasteiger partial charge in [-0.1, -0.05) is 20.8 Å². The van der Waals surface area contributed by atoms with E-state index in [-0.39, 0.29) is 28.6 Å². The van der Waals surface area contributed by atoms with Gasteiger partial charge in [-0.2, -0.15) is 5.10 Å². The maximum Gasteiger partial charge on any atom is 0.301 e. The maximum atomic E-state index is 11.4. The number of hydrazone groups is 1. The first-order chi connectivity index (χ1) is 13.7. The molecule has 0 aromatic heterocycles. The Morgan fingerprint density at radius 1 is 1.24 bits per heavy atom. The van der Waals surface area contributed by atoms with Crippen LogP contribution in [0.2, 0.25) is 0 Å². The minimum atomic E-state index is -0.648. The highest BCUT2D eigenvalue weighted by Crippen LogP contribution is 2.65. The molecule has 2 aliphatic heterocycles. The Labute approximate surface area is 168 Å². The van der Waals surface area contributed by atoms with Crippen molar-refractivity contribution >= 4 is 22.8 Å². The second-order valence-corrected chi connectivity index (χ2v) is 9.00. The summed E-state index contributed by atoms with van der Waals surface area (Å²) in [4.78, 5) is 21.1. The topological polar surface area (TPSA) is 120 Å². The number of nitro groups is 2. The summed E-state index contributed by atoms with van der Waals surface area (Å²) in [5.74, 6) is 1.09. The first-order valence-corrected chi connectivity index (χ1v) is 10.1. The summed E-state index contributed by atoms with van der Waals surface area (Å²) < 4.78 is 6.53. The summed E-state index contributed by atoms with van der Waals surface area (Å²) in [6.45, 7) is 6.82. The first-order valence-electron chi connectivity index (χ1n) is 10.1. The van der Waals surface area contributed by atoms with E-state index in [0.717, 1.165) is 43.9 Å². The number of nitrogens with zero attached hydrogens (tertiary/aromatic N) is 3. The summed E-state index contributed by atoms with van der Waals surface area (Å²) in [5, 5.41) is 26.9. The van der Waals surface area contributed by atoms with Gasteiger partial charge in [0.05, 0.1) is 27.7 Å². The smallest absolute Gasteiger partial charge is 0.301 e. The highest BCUT2D eigenvalue weighted by Gasteiger charge is 2.67. The number of non-ortho nitro benzene ring substituents is 1. The summed E-state index contributed by atoms with van der Waals surface area (Å²) >= 11 is 0. The molecule has 2 bridgehead atoms. The Morgan fingerprint density at radius 3 is 2.66 bits per heavy atom. The highest BCUT2D eigenvalue weighted by molar-refractivity contribution is 5.96. The van der Waals surface area contributed by atoms with Crippen molar-refractivity contribution in [2.45, 2.75) is 64.6 Å². The van der Waals surface area contributed by atoms with Crippen LogP contribution in [0.1, 0.15) is 52.9 Å². The van der Waals surface area contributed by atoms with Gasteiger partial charge >= 0.3 is 5.69 Å². The molecule has 29 heavy (non-hydrogen) atoms. The van der Waals surface area contributed by atoms with E-state index in [2.05, 4.69) is 31.3 Å². The highest BCUT2D eigenvalue weighted by atomic mass is 16.6. The predicted molar refractivity (Wildman–Crippen MR) is 108 cm³/mol. The van der Waals surface area contributed by atoms with Gasteiger partial charge in [0.25, 0.3) is 5.69 Å². The average Bonchev–Trinajstić information content (AvgIpc) is 3.05. The van der Waals surface area contributed by atoms with E-state index < -0.39 is 15.4 Å². The monoisotopic (exact) mass is 402 g/mol. The SMILES string of the molecule is CC(C)C1CCC23OC(CCC2=NNc2ccc([N+](=O)[O-])cc2[N+](=O)[O-])CC13C. The minimum absolute atomic E-state index is 0.00422. The van der Waals surface area contributed by atoms with E-state index in [1.807, 2.05) is 0 Å². The zero-order chi connectivity index (χ0) is 21.0. The Hall–Kier alpha value is -2.55. The molecule has 156 valence electrons. The molecule has 1 spiro atoms. The molecule has 1 aromatic carbocycles. The molecule has 1 N–H and O–H groups in total. The second kappa shape index (κ2) is 6.76. The number of anilines is 1. The van der Waals surface area contributed by atoms with Crippen molar-refractivity contribution in [3.05, 3.63) is 38.4 Å². The van der Waals surface area contributed by atoms with E-state index in [9.17, 15) is 20.2 Å². The lowest BCUT2D eigenvalue weighted by atomic mass is 9.65. The van der Waals surface area contributed by atoms with Crippen LogP contribution in [-0.2, 0) is 4.74 Å². The number of hydrogen-bond donors (Lipinski definition) is 1. The summed E-state index contributed by atoms with van der Waals surface area (Å²) in [6, 6.07) is 3.54. The zero-order valence-corrected chi connectivity index (χ0v) is 16.9. The third-order valence-corrected chi connectivity index (χ3v) is 7.24. The van der Waals surface area contributed by atoms with Crippen LogP contribution in [0.15, 0.2) is 23.3 Å². The number of benzene rings is 1. The average molecular weight is 402 g/mol. The quantitative estimate of drug-likeness (QED) is 0.565. The number of ether oxygens (including phenoxy) is 1. The van der Waals surface area contributed by atoms with Gasteiger partial charge < -0.3 is 4.74 Å². The fourth-order valence-corrected chi connectivity index (χ4v) is 6.00. The summed E-state index contributed by atoms with van der Waals surface area (Å²) in [6.07, 6.45) is 4.94. The third-order valence-electron chi connectivity index (χ3n) is 7.24. The van der Waals surface area contributed by atoms with E-state index >= 15 is 0 Å². The molecule has 1 aromatic rings. The zero-order valence-electron chi connectivity index (χ0n) is 16.9. The number of hydrogen-bond acceptors (Lipinski definition) is 7. The van der Waals surface area contributed by atoms with Gasteiger partial charge in [0.1, 0.15) is 11.3 Å². The van der Waals surface area contributed by atoms with Gasteiger partial charge in [-0.15, -0.1) is 0 Å². The maximum absolute atomic E-state index is 11.4.